The normalized spacial score (nSPS) is 20.7. The van der Waals surface area contributed by atoms with Gasteiger partial charge in [-0.05, 0) is 48.2 Å². The zero-order chi connectivity index (χ0) is 18.8. The first-order valence-corrected chi connectivity index (χ1v) is 8.93. The number of piperidine rings is 1. The van der Waals surface area contributed by atoms with Crippen molar-refractivity contribution < 1.29 is 18.6 Å². The quantitative estimate of drug-likeness (QED) is 0.763. The fraction of sp³-hybridized carbons (Fsp3) is 0.286. The van der Waals surface area contributed by atoms with Gasteiger partial charge in [0.2, 0.25) is 0 Å². The minimum absolute atomic E-state index is 0.259. The number of hydrogen-bond acceptors (Lipinski definition) is 4. The van der Waals surface area contributed by atoms with Crippen LogP contribution in [0.2, 0.25) is 0 Å². The van der Waals surface area contributed by atoms with E-state index in [0.29, 0.717) is 30.8 Å². The Hall–Kier alpha value is -2.57. The summed E-state index contributed by atoms with van der Waals surface area (Å²) in [5, 5.41) is 12.5. The van der Waals surface area contributed by atoms with Gasteiger partial charge in [-0.1, -0.05) is 6.07 Å². The van der Waals surface area contributed by atoms with Gasteiger partial charge in [0, 0.05) is 43.0 Å². The Morgan fingerprint density at radius 2 is 2.00 bits per heavy atom. The van der Waals surface area contributed by atoms with Gasteiger partial charge >= 0.3 is 0 Å². The van der Waals surface area contributed by atoms with Crippen LogP contribution in [0.4, 0.5) is 8.78 Å². The van der Waals surface area contributed by atoms with Gasteiger partial charge in [0.05, 0.1) is 0 Å². The Kier molecular flexibility index (Phi) is 5.01. The lowest BCUT2D eigenvalue weighted by Crippen LogP contribution is -2.48. The van der Waals surface area contributed by atoms with Gasteiger partial charge in [0.1, 0.15) is 29.6 Å². The van der Waals surface area contributed by atoms with Gasteiger partial charge in [-0.25, -0.2) is 8.78 Å². The smallest absolute Gasteiger partial charge is 0.127 e. The molecule has 1 aliphatic rings. The average Bonchev–Trinajstić information content (AvgIpc) is 2.67. The minimum atomic E-state index is -0.708. The van der Waals surface area contributed by atoms with Crippen LogP contribution in [0.5, 0.6) is 5.75 Å². The molecule has 1 fully saturated rings. The Morgan fingerprint density at radius 1 is 1.11 bits per heavy atom. The summed E-state index contributed by atoms with van der Waals surface area (Å²) in [5.74, 6) is -0.214. The van der Waals surface area contributed by atoms with Crippen LogP contribution >= 0.6 is 0 Å². The summed E-state index contributed by atoms with van der Waals surface area (Å²) in [7, 11) is 0. The van der Waals surface area contributed by atoms with Crippen molar-refractivity contribution >= 4 is 10.8 Å². The largest absolute Gasteiger partial charge is 0.488 e. The van der Waals surface area contributed by atoms with Crippen molar-refractivity contribution in [1.82, 2.24) is 9.88 Å². The summed E-state index contributed by atoms with van der Waals surface area (Å²) < 4.78 is 33.1. The van der Waals surface area contributed by atoms with Gasteiger partial charge < -0.3 is 9.84 Å². The predicted octanol–water partition coefficient (Wildman–Crippen LogP) is 3.53. The summed E-state index contributed by atoms with van der Waals surface area (Å²) >= 11 is 0. The van der Waals surface area contributed by atoms with Crippen LogP contribution in [-0.4, -0.2) is 40.3 Å². The number of nitrogens with zero attached hydrogens (tertiary/aromatic N) is 2. The van der Waals surface area contributed by atoms with Crippen LogP contribution in [0.25, 0.3) is 10.8 Å². The van der Waals surface area contributed by atoms with E-state index in [0.717, 1.165) is 22.9 Å². The SMILES string of the molecule is O[C@@H]1CN(Cc2cc(F)ccc2F)CC[C@H]1Oc1ccc2ccncc2c1. The molecule has 4 nitrogen and oxygen atoms in total. The van der Waals surface area contributed by atoms with Gasteiger partial charge in [0.15, 0.2) is 0 Å². The summed E-state index contributed by atoms with van der Waals surface area (Å²) in [6.45, 7) is 1.23. The molecule has 140 valence electrons. The van der Waals surface area contributed by atoms with Crippen molar-refractivity contribution in [1.29, 1.82) is 0 Å². The van der Waals surface area contributed by atoms with Crippen molar-refractivity contribution in [3.63, 3.8) is 0 Å². The average molecular weight is 370 g/mol. The van der Waals surface area contributed by atoms with Crippen molar-refractivity contribution in [2.45, 2.75) is 25.2 Å². The predicted molar refractivity (Wildman–Crippen MR) is 98.4 cm³/mol. The van der Waals surface area contributed by atoms with E-state index in [2.05, 4.69) is 4.98 Å². The second kappa shape index (κ2) is 7.58. The highest BCUT2D eigenvalue weighted by Crippen LogP contribution is 2.24. The molecule has 0 radical (unpaired) electrons. The number of pyridine rings is 1. The molecule has 2 aromatic carbocycles. The molecule has 1 aliphatic heterocycles. The number of aliphatic hydroxyl groups excluding tert-OH is 1. The van der Waals surface area contributed by atoms with Crippen LogP contribution in [-0.2, 0) is 6.54 Å². The van der Waals surface area contributed by atoms with E-state index in [4.69, 9.17) is 4.74 Å². The lowest BCUT2D eigenvalue weighted by molar-refractivity contribution is -0.0276. The van der Waals surface area contributed by atoms with Gasteiger partial charge in [0.25, 0.3) is 0 Å². The number of likely N-dealkylation sites (tertiary alicyclic amines) is 1. The van der Waals surface area contributed by atoms with Crippen LogP contribution in [0, 0.1) is 11.6 Å². The van der Waals surface area contributed by atoms with Crippen molar-refractivity contribution in [3.8, 4) is 5.75 Å². The summed E-state index contributed by atoms with van der Waals surface area (Å²) in [4.78, 5) is 6.02. The highest BCUT2D eigenvalue weighted by molar-refractivity contribution is 5.82. The Balaban J connectivity index is 1.40. The van der Waals surface area contributed by atoms with Gasteiger partial charge in [-0.3, -0.25) is 9.88 Å². The van der Waals surface area contributed by atoms with E-state index in [1.807, 2.05) is 29.2 Å². The zero-order valence-electron chi connectivity index (χ0n) is 14.7. The van der Waals surface area contributed by atoms with E-state index in [9.17, 15) is 13.9 Å². The monoisotopic (exact) mass is 370 g/mol. The molecule has 1 saturated heterocycles. The highest BCUT2D eigenvalue weighted by atomic mass is 19.1. The molecule has 2 atom stereocenters. The number of benzene rings is 2. The minimum Gasteiger partial charge on any atom is -0.488 e. The molecule has 0 amide bonds. The van der Waals surface area contributed by atoms with Gasteiger partial charge in [-0.2, -0.15) is 0 Å². The van der Waals surface area contributed by atoms with E-state index >= 15 is 0 Å². The van der Waals surface area contributed by atoms with Crippen LogP contribution < -0.4 is 4.74 Å². The number of ether oxygens (including phenoxy) is 1. The molecule has 1 N–H and O–H groups in total. The Labute approximate surface area is 156 Å². The van der Waals surface area contributed by atoms with E-state index in [-0.39, 0.29) is 12.6 Å². The number of rotatable bonds is 4. The number of halogens is 2. The molecule has 0 aliphatic carbocycles. The fourth-order valence-corrected chi connectivity index (χ4v) is 3.47. The number of β-amino-alcohol motifs (C(OH)–C–C–N with tert-alkyl or cyclic N) is 1. The summed E-state index contributed by atoms with van der Waals surface area (Å²) in [5.41, 5.74) is 0.295. The Bertz CT molecular complexity index is 950. The summed E-state index contributed by atoms with van der Waals surface area (Å²) in [6, 6.07) is 11.1. The third-order valence-electron chi connectivity index (χ3n) is 4.91. The molecular weight excluding hydrogens is 350 g/mol. The molecule has 3 aromatic rings. The van der Waals surface area contributed by atoms with E-state index in [1.165, 1.54) is 6.07 Å². The third kappa shape index (κ3) is 4.07. The highest BCUT2D eigenvalue weighted by Gasteiger charge is 2.29. The lowest BCUT2D eigenvalue weighted by atomic mass is 10.0. The Morgan fingerprint density at radius 3 is 2.85 bits per heavy atom. The number of aromatic nitrogens is 1. The number of aliphatic hydroxyl groups is 1. The molecule has 27 heavy (non-hydrogen) atoms. The van der Waals surface area contributed by atoms with Crippen LogP contribution in [0.1, 0.15) is 12.0 Å². The first kappa shape index (κ1) is 17.8. The van der Waals surface area contributed by atoms with Crippen LogP contribution in [0.15, 0.2) is 54.9 Å². The summed E-state index contributed by atoms with van der Waals surface area (Å²) in [6.07, 6.45) is 3.06. The van der Waals surface area contributed by atoms with Crippen molar-refractivity contribution in [2.24, 2.45) is 0 Å². The van der Waals surface area contributed by atoms with E-state index in [1.54, 1.807) is 12.4 Å². The maximum absolute atomic E-state index is 13.8. The second-order valence-electron chi connectivity index (χ2n) is 6.87. The maximum atomic E-state index is 13.8. The maximum Gasteiger partial charge on any atom is 0.127 e. The lowest BCUT2D eigenvalue weighted by Gasteiger charge is -2.36. The van der Waals surface area contributed by atoms with Gasteiger partial charge in [-0.15, -0.1) is 0 Å². The molecule has 0 bridgehead atoms. The fourth-order valence-electron chi connectivity index (χ4n) is 3.47. The third-order valence-corrected chi connectivity index (χ3v) is 4.91. The second-order valence-corrected chi connectivity index (χ2v) is 6.87. The molecule has 4 rings (SSSR count). The molecule has 6 heteroatoms. The van der Waals surface area contributed by atoms with E-state index < -0.39 is 17.7 Å². The molecule has 1 aromatic heterocycles. The standard InChI is InChI=1S/C21H20F2N2O2/c22-17-2-4-19(23)16(9-17)12-25-8-6-21(20(26)13-25)27-18-3-1-14-5-7-24-11-15(14)10-18/h1-5,7,9-11,20-21,26H,6,8,12-13H2/t20-,21-/m1/s1. The molecule has 2 heterocycles. The molecule has 0 saturated carbocycles. The molecule has 0 spiro atoms. The zero-order valence-corrected chi connectivity index (χ0v) is 14.7. The topological polar surface area (TPSA) is 45.6 Å². The van der Waals surface area contributed by atoms with Crippen LogP contribution in [0.3, 0.4) is 0 Å². The first-order valence-electron chi connectivity index (χ1n) is 8.93. The molecular formula is C21H20F2N2O2. The number of hydrogen-bond donors (Lipinski definition) is 1. The molecule has 0 unspecified atom stereocenters. The van der Waals surface area contributed by atoms with Crippen molar-refractivity contribution in [3.05, 3.63) is 72.1 Å². The van der Waals surface area contributed by atoms with Crippen molar-refractivity contribution in [2.75, 3.05) is 13.1 Å². The number of fused-ring (bicyclic) bond motifs is 1. The first-order chi connectivity index (χ1) is 13.1.